The number of carbonyl (C=O) groups excluding carboxylic acids is 1. The average Bonchev–Trinajstić information content (AvgIpc) is 2.41. The minimum absolute atomic E-state index is 0.00169. The van der Waals surface area contributed by atoms with Crippen molar-refractivity contribution < 1.29 is 14.3 Å². The van der Waals surface area contributed by atoms with Crippen molar-refractivity contribution in [2.75, 3.05) is 6.61 Å². The zero-order chi connectivity index (χ0) is 9.97. The molecule has 0 saturated carbocycles. The number of fused-ring (bicyclic) bond motifs is 1. The van der Waals surface area contributed by atoms with Crippen LogP contribution in [0.5, 0.6) is 0 Å². The van der Waals surface area contributed by atoms with Gasteiger partial charge in [-0.15, -0.1) is 0 Å². The van der Waals surface area contributed by atoms with E-state index in [1.807, 2.05) is 24.3 Å². The van der Waals surface area contributed by atoms with Crippen molar-refractivity contribution >= 4 is 5.78 Å². The molecule has 0 aromatic heterocycles. The molecule has 3 nitrogen and oxygen atoms in total. The summed E-state index contributed by atoms with van der Waals surface area (Å²) in [7, 11) is 0. The fraction of sp³-hybridized carbons (Fsp3) is 0.364. The minimum atomic E-state index is -0.454. The average molecular weight is 192 g/mol. The van der Waals surface area contributed by atoms with E-state index in [9.17, 15) is 4.79 Å². The van der Waals surface area contributed by atoms with Crippen LogP contribution in [0.1, 0.15) is 13.3 Å². The van der Waals surface area contributed by atoms with Gasteiger partial charge in [0.15, 0.2) is 23.4 Å². The molecular formula is C11H12O3. The molecule has 1 heterocycles. The summed E-state index contributed by atoms with van der Waals surface area (Å²) in [5.41, 5.74) is 0. The zero-order valence-corrected chi connectivity index (χ0v) is 8.03. The van der Waals surface area contributed by atoms with Crippen molar-refractivity contribution in [1.29, 1.82) is 0 Å². The summed E-state index contributed by atoms with van der Waals surface area (Å²) in [5, 5.41) is 0. The third-order valence-electron chi connectivity index (χ3n) is 2.18. The Bertz CT molecular complexity index is 336. The Hall–Kier alpha value is -1.51. The Balaban J connectivity index is 2.18. The van der Waals surface area contributed by atoms with E-state index in [2.05, 4.69) is 0 Å². The van der Waals surface area contributed by atoms with Crippen molar-refractivity contribution in [3.63, 3.8) is 0 Å². The first-order chi connectivity index (χ1) is 6.77. The molecule has 0 N–H and O–H groups in total. The molecule has 0 aromatic rings. The second-order valence-electron chi connectivity index (χ2n) is 3.29. The fourth-order valence-corrected chi connectivity index (χ4v) is 1.37. The van der Waals surface area contributed by atoms with Crippen LogP contribution < -0.4 is 0 Å². The van der Waals surface area contributed by atoms with E-state index >= 15 is 0 Å². The summed E-state index contributed by atoms with van der Waals surface area (Å²) in [6, 6.07) is 0. The lowest BCUT2D eigenvalue weighted by Gasteiger charge is -2.26. The Kier molecular flexibility index (Phi) is 2.39. The van der Waals surface area contributed by atoms with Gasteiger partial charge < -0.3 is 9.47 Å². The van der Waals surface area contributed by atoms with Crippen molar-refractivity contribution in [2.45, 2.75) is 19.4 Å². The van der Waals surface area contributed by atoms with Gasteiger partial charge in [0.05, 0.1) is 0 Å². The van der Waals surface area contributed by atoms with Crippen LogP contribution in [0.3, 0.4) is 0 Å². The standard InChI is InChI=1S/C11H12O3/c1-8(12)11-7-13-9-5-3-2-4-6-10(9)14-11/h2,4-6,11H,3,7H2,1H3. The highest BCUT2D eigenvalue weighted by Crippen LogP contribution is 2.24. The smallest absolute Gasteiger partial charge is 0.190 e. The Labute approximate surface area is 82.7 Å². The van der Waals surface area contributed by atoms with Crippen LogP contribution in [-0.2, 0) is 14.3 Å². The van der Waals surface area contributed by atoms with Gasteiger partial charge in [0, 0.05) is 0 Å². The highest BCUT2D eigenvalue weighted by Gasteiger charge is 2.26. The number of Topliss-reactive ketones (excluding diaryl/α,β-unsaturated/α-hetero) is 1. The van der Waals surface area contributed by atoms with E-state index in [0.29, 0.717) is 12.4 Å². The summed E-state index contributed by atoms with van der Waals surface area (Å²) in [4.78, 5) is 11.1. The van der Waals surface area contributed by atoms with Crippen LogP contribution in [0.25, 0.3) is 0 Å². The second-order valence-corrected chi connectivity index (χ2v) is 3.29. The van der Waals surface area contributed by atoms with Crippen LogP contribution in [0.2, 0.25) is 0 Å². The van der Waals surface area contributed by atoms with Crippen molar-refractivity contribution in [2.24, 2.45) is 0 Å². The third-order valence-corrected chi connectivity index (χ3v) is 2.18. The van der Waals surface area contributed by atoms with E-state index in [-0.39, 0.29) is 5.78 Å². The zero-order valence-electron chi connectivity index (χ0n) is 8.03. The van der Waals surface area contributed by atoms with Gasteiger partial charge in [0.25, 0.3) is 0 Å². The number of rotatable bonds is 1. The number of allylic oxidation sites excluding steroid dienone is 4. The molecule has 3 heteroatoms. The quantitative estimate of drug-likeness (QED) is 0.634. The number of ether oxygens (including phenoxy) is 2. The van der Waals surface area contributed by atoms with Gasteiger partial charge in [0.1, 0.15) is 6.61 Å². The fourth-order valence-electron chi connectivity index (χ4n) is 1.37. The summed E-state index contributed by atoms with van der Waals surface area (Å²) >= 11 is 0. The Morgan fingerprint density at radius 2 is 2.36 bits per heavy atom. The number of hydrogen-bond acceptors (Lipinski definition) is 3. The Morgan fingerprint density at radius 3 is 3.14 bits per heavy atom. The first-order valence-electron chi connectivity index (χ1n) is 4.64. The molecule has 2 aliphatic rings. The highest BCUT2D eigenvalue weighted by atomic mass is 16.6. The van der Waals surface area contributed by atoms with Crippen LogP contribution in [0.15, 0.2) is 35.8 Å². The Morgan fingerprint density at radius 1 is 1.50 bits per heavy atom. The topological polar surface area (TPSA) is 35.5 Å². The number of hydrogen-bond donors (Lipinski definition) is 0. The first-order valence-corrected chi connectivity index (χ1v) is 4.64. The van der Waals surface area contributed by atoms with E-state index in [4.69, 9.17) is 9.47 Å². The van der Waals surface area contributed by atoms with Crippen molar-refractivity contribution in [1.82, 2.24) is 0 Å². The van der Waals surface area contributed by atoms with Gasteiger partial charge in [-0.05, 0) is 25.5 Å². The molecule has 0 radical (unpaired) electrons. The maximum absolute atomic E-state index is 11.1. The van der Waals surface area contributed by atoms with E-state index in [1.165, 1.54) is 6.92 Å². The largest absolute Gasteiger partial charge is 0.486 e. The minimum Gasteiger partial charge on any atom is -0.486 e. The van der Waals surface area contributed by atoms with Crippen LogP contribution in [-0.4, -0.2) is 18.5 Å². The van der Waals surface area contributed by atoms with E-state index in [0.717, 1.165) is 12.2 Å². The molecule has 0 amide bonds. The summed E-state index contributed by atoms with van der Waals surface area (Å²) < 4.78 is 10.9. The van der Waals surface area contributed by atoms with E-state index < -0.39 is 6.10 Å². The van der Waals surface area contributed by atoms with Crippen molar-refractivity contribution in [3.8, 4) is 0 Å². The molecule has 1 unspecified atom stereocenters. The first kappa shape index (κ1) is 9.06. The second kappa shape index (κ2) is 3.70. The maximum atomic E-state index is 11.1. The predicted molar refractivity (Wildman–Crippen MR) is 51.4 cm³/mol. The van der Waals surface area contributed by atoms with Crippen molar-refractivity contribution in [3.05, 3.63) is 35.8 Å². The molecular weight excluding hydrogens is 180 g/mol. The molecule has 74 valence electrons. The third kappa shape index (κ3) is 1.71. The SMILES string of the molecule is CC(=O)C1COC2=CCC=CC=C2O1. The van der Waals surface area contributed by atoms with Crippen LogP contribution >= 0.6 is 0 Å². The monoisotopic (exact) mass is 192 g/mol. The normalized spacial score (nSPS) is 24.8. The molecule has 14 heavy (non-hydrogen) atoms. The molecule has 1 saturated heterocycles. The van der Waals surface area contributed by atoms with Gasteiger partial charge in [0.2, 0.25) is 0 Å². The molecule has 1 fully saturated rings. The van der Waals surface area contributed by atoms with E-state index in [1.54, 1.807) is 0 Å². The van der Waals surface area contributed by atoms with Crippen LogP contribution in [0, 0.1) is 0 Å². The summed E-state index contributed by atoms with van der Waals surface area (Å²) in [5.74, 6) is 1.40. The number of carbonyl (C=O) groups is 1. The molecule has 1 atom stereocenters. The lowest BCUT2D eigenvalue weighted by atomic mass is 10.2. The lowest BCUT2D eigenvalue weighted by Crippen LogP contribution is -2.31. The maximum Gasteiger partial charge on any atom is 0.190 e. The lowest BCUT2D eigenvalue weighted by molar-refractivity contribution is -0.131. The predicted octanol–water partition coefficient (Wildman–Crippen LogP) is 1.72. The number of ketones is 1. The van der Waals surface area contributed by atoms with Gasteiger partial charge >= 0.3 is 0 Å². The molecule has 2 rings (SSSR count). The van der Waals surface area contributed by atoms with Gasteiger partial charge in [-0.3, -0.25) is 4.79 Å². The van der Waals surface area contributed by atoms with Crippen LogP contribution in [0.4, 0.5) is 0 Å². The molecule has 1 aliphatic heterocycles. The van der Waals surface area contributed by atoms with Gasteiger partial charge in [-0.2, -0.15) is 0 Å². The molecule has 1 aliphatic carbocycles. The molecule has 0 aromatic carbocycles. The highest BCUT2D eigenvalue weighted by molar-refractivity contribution is 5.81. The van der Waals surface area contributed by atoms with Gasteiger partial charge in [-0.25, -0.2) is 0 Å². The van der Waals surface area contributed by atoms with Gasteiger partial charge in [-0.1, -0.05) is 12.2 Å². The summed E-state index contributed by atoms with van der Waals surface area (Å²) in [6.07, 6.45) is 8.08. The summed E-state index contributed by atoms with van der Waals surface area (Å²) in [6.45, 7) is 1.83. The molecule has 0 spiro atoms. The molecule has 0 bridgehead atoms.